The molecule has 0 atom stereocenters. The summed E-state index contributed by atoms with van der Waals surface area (Å²) in [6.07, 6.45) is 3.79. The fraction of sp³-hybridized carbons (Fsp3) is 0.462. The smallest absolute Gasteiger partial charge is 0.244 e. The first-order valence-corrected chi connectivity index (χ1v) is 8.14. The van der Waals surface area contributed by atoms with E-state index in [1.54, 1.807) is 33.4 Å². The fourth-order valence-electron chi connectivity index (χ4n) is 2.26. The van der Waals surface area contributed by atoms with Gasteiger partial charge >= 0.3 is 0 Å². The third kappa shape index (κ3) is 3.52. The highest BCUT2D eigenvalue weighted by atomic mass is 32.2. The van der Waals surface area contributed by atoms with E-state index in [9.17, 15) is 8.42 Å². The zero-order valence-electron chi connectivity index (χ0n) is 12.4. The fourth-order valence-corrected chi connectivity index (χ4v) is 3.73. The summed E-state index contributed by atoms with van der Waals surface area (Å²) in [5.74, 6) is 1.03. The van der Waals surface area contributed by atoms with Gasteiger partial charge in [0.25, 0.3) is 0 Å². The van der Waals surface area contributed by atoms with Crippen molar-refractivity contribution >= 4 is 10.0 Å². The van der Waals surface area contributed by atoms with Gasteiger partial charge in [-0.2, -0.15) is 0 Å². The highest BCUT2D eigenvalue weighted by molar-refractivity contribution is 7.89. The van der Waals surface area contributed by atoms with E-state index < -0.39 is 10.0 Å². The normalized spacial score (nSPS) is 12.0. The number of sulfonamides is 1. The first-order chi connectivity index (χ1) is 9.95. The van der Waals surface area contributed by atoms with E-state index in [4.69, 9.17) is 4.42 Å². The molecule has 0 aliphatic carbocycles. The van der Waals surface area contributed by atoms with Crippen LogP contribution in [0.2, 0.25) is 0 Å². The Hall–Kier alpha value is -1.64. The van der Waals surface area contributed by atoms with Crippen LogP contribution in [0, 0.1) is 13.8 Å². The van der Waals surface area contributed by atoms with Crippen molar-refractivity contribution < 1.29 is 12.8 Å². The summed E-state index contributed by atoms with van der Waals surface area (Å²) in [6.45, 7) is 4.17. The van der Waals surface area contributed by atoms with Gasteiger partial charge in [0.1, 0.15) is 16.4 Å². The molecular weight excluding hydrogens is 292 g/mol. The topological polar surface area (TPSA) is 100 Å². The van der Waals surface area contributed by atoms with E-state index in [1.807, 2.05) is 0 Å². The van der Waals surface area contributed by atoms with Crippen LogP contribution in [0.5, 0.6) is 0 Å². The number of aromatic amines is 1. The van der Waals surface area contributed by atoms with Crippen molar-refractivity contribution in [3.63, 3.8) is 0 Å². The van der Waals surface area contributed by atoms with E-state index in [2.05, 4.69) is 20.0 Å². The van der Waals surface area contributed by atoms with Gasteiger partial charge in [-0.3, -0.25) is 0 Å². The SMILES string of the molecule is CNCc1c(C)oc(C)c1S(=O)(=O)NCCc1cnc[nH]1. The average Bonchev–Trinajstić information content (AvgIpc) is 2.99. The number of aromatic nitrogens is 2. The summed E-state index contributed by atoms with van der Waals surface area (Å²) in [6, 6.07) is 0. The van der Waals surface area contributed by atoms with Crippen molar-refractivity contribution in [1.82, 2.24) is 20.0 Å². The van der Waals surface area contributed by atoms with Gasteiger partial charge in [0.15, 0.2) is 0 Å². The summed E-state index contributed by atoms with van der Waals surface area (Å²) in [5.41, 5.74) is 1.55. The molecule has 2 rings (SSSR count). The van der Waals surface area contributed by atoms with Crippen LogP contribution >= 0.6 is 0 Å². The number of imidazole rings is 1. The number of nitrogens with zero attached hydrogens (tertiary/aromatic N) is 1. The summed E-state index contributed by atoms with van der Waals surface area (Å²) < 4.78 is 33.0. The first-order valence-electron chi connectivity index (χ1n) is 6.66. The molecule has 2 aromatic heterocycles. The van der Waals surface area contributed by atoms with Crippen LogP contribution in [0.3, 0.4) is 0 Å². The molecule has 0 spiro atoms. The number of rotatable bonds is 7. The number of aryl methyl sites for hydroxylation is 2. The maximum absolute atomic E-state index is 12.5. The maximum Gasteiger partial charge on any atom is 0.244 e. The lowest BCUT2D eigenvalue weighted by Gasteiger charge is -2.08. The van der Waals surface area contributed by atoms with E-state index in [0.717, 1.165) is 5.69 Å². The van der Waals surface area contributed by atoms with Gasteiger partial charge in [0, 0.05) is 37.0 Å². The van der Waals surface area contributed by atoms with Crippen LogP contribution in [0.15, 0.2) is 21.8 Å². The van der Waals surface area contributed by atoms with Crippen LogP contribution in [-0.2, 0) is 23.0 Å². The second kappa shape index (κ2) is 6.42. The van der Waals surface area contributed by atoms with Crippen LogP contribution < -0.4 is 10.0 Å². The van der Waals surface area contributed by atoms with Crippen molar-refractivity contribution in [3.8, 4) is 0 Å². The molecule has 0 saturated carbocycles. The third-order valence-corrected chi connectivity index (χ3v) is 4.84. The van der Waals surface area contributed by atoms with Crippen LogP contribution in [-0.4, -0.2) is 32.0 Å². The monoisotopic (exact) mass is 312 g/mol. The number of hydrogen-bond acceptors (Lipinski definition) is 5. The summed E-state index contributed by atoms with van der Waals surface area (Å²) >= 11 is 0. The predicted octanol–water partition coefficient (Wildman–Crippen LogP) is 0.860. The Morgan fingerprint density at radius 2 is 2.10 bits per heavy atom. The zero-order valence-corrected chi connectivity index (χ0v) is 13.2. The second-order valence-corrected chi connectivity index (χ2v) is 6.48. The molecule has 21 heavy (non-hydrogen) atoms. The molecular formula is C13H20N4O3S. The molecule has 8 heteroatoms. The second-order valence-electron chi connectivity index (χ2n) is 4.78. The van der Waals surface area contributed by atoms with E-state index in [-0.39, 0.29) is 4.90 Å². The van der Waals surface area contributed by atoms with E-state index in [0.29, 0.717) is 36.6 Å². The number of hydrogen-bond donors (Lipinski definition) is 3. The Labute approximate surface area is 124 Å². The Bertz CT molecular complexity index is 689. The largest absolute Gasteiger partial charge is 0.465 e. The Balaban J connectivity index is 2.15. The minimum absolute atomic E-state index is 0.235. The number of H-pyrrole nitrogens is 1. The summed E-state index contributed by atoms with van der Waals surface area (Å²) in [4.78, 5) is 7.07. The lowest BCUT2D eigenvalue weighted by molar-refractivity contribution is 0.493. The highest BCUT2D eigenvalue weighted by Gasteiger charge is 2.26. The zero-order chi connectivity index (χ0) is 15.5. The summed E-state index contributed by atoms with van der Waals surface area (Å²) in [7, 11) is -1.83. The van der Waals surface area contributed by atoms with Gasteiger partial charge < -0.3 is 14.7 Å². The van der Waals surface area contributed by atoms with Crippen molar-refractivity contribution in [3.05, 3.63) is 35.3 Å². The van der Waals surface area contributed by atoms with Crippen molar-refractivity contribution in [2.75, 3.05) is 13.6 Å². The summed E-state index contributed by atoms with van der Waals surface area (Å²) in [5, 5.41) is 2.96. The highest BCUT2D eigenvalue weighted by Crippen LogP contribution is 2.26. The maximum atomic E-state index is 12.5. The lowest BCUT2D eigenvalue weighted by atomic mass is 10.2. The molecule has 0 radical (unpaired) electrons. The van der Waals surface area contributed by atoms with Crippen LogP contribution in [0.25, 0.3) is 0 Å². The minimum Gasteiger partial charge on any atom is -0.465 e. The van der Waals surface area contributed by atoms with Crippen molar-refractivity contribution in [1.29, 1.82) is 0 Å². The standard InChI is InChI=1S/C13H20N4O3S/c1-9-12(7-14-3)13(10(2)20-9)21(18,19)17-5-4-11-6-15-8-16-11/h6,8,14,17H,4-5,7H2,1-3H3,(H,15,16). The average molecular weight is 312 g/mol. The molecule has 0 unspecified atom stereocenters. The van der Waals surface area contributed by atoms with Gasteiger partial charge in [-0.25, -0.2) is 18.1 Å². The predicted molar refractivity (Wildman–Crippen MR) is 78.4 cm³/mol. The molecule has 2 heterocycles. The molecule has 0 aromatic carbocycles. The first kappa shape index (κ1) is 15.7. The molecule has 0 fully saturated rings. The Morgan fingerprint density at radius 1 is 1.33 bits per heavy atom. The van der Waals surface area contributed by atoms with Crippen molar-refractivity contribution in [2.45, 2.75) is 31.7 Å². The minimum atomic E-state index is -3.59. The van der Waals surface area contributed by atoms with Gasteiger partial charge in [0.05, 0.1) is 6.33 Å². The molecule has 3 N–H and O–H groups in total. The van der Waals surface area contributed by atoms with Gasteiger partial charge in [-0.15, -0.1) is 0 Å². The molecule has 0 bridgehead atoms. The van der Waals surface area contributed by atoms with Crippen LogP contribution in [0.1, 0.15) is 22.8 Å². The molecule has 2 aromatic rings. The third-order valence-electron chi connectivity index (χ3n) is 3.19. The van der Waals surface area contributed by atoms with Crippen molar-refractivity contribution in [2.24, 2.45) is 0 Å². The molecule has 116 valence electrons. The number of nitrogens with one attached hydrogen (secondary N) is 3. The lowest BCUT2D eigenvalue weighted by Crippen LogP contribution is -2.27. The van der Waals surface area contributed by atoms with Crippen LogP contribution in [0.4, 0.5) is 0 Å². The molecule has 0 aliphatic rings. The molecule has 0 aliphatic heterocycles. The Morgan fingerprint density at radius 3 is 2.71 bits per heavy atom. The van der Waals surface area contributed by atoms with Gasteiger partial charge in [-0.1, -0.05) is 0 Å². The van der Waals surface area contributed by atoms with Gasteiger partial charge in [-0.05, 0) is 20.9 Å². The quantitative estimate of drug-likeness (QED) is 0.704. The van der Waals surface area contributed by atoms with E-state index >= 15 is 0 Å². The number of furan rings is 1. The van der Waals surface area contributed by atoms with Gasteiger partial charge in [0.2, 0.25) is 10.0 Å². The van der Waals surface area contributed by atoms with E-state index in [1.165, 1.54) is 0 Å². The molecule has 0 saturated heterocycles. The molecule has 7 nitrogen and oxygen atoms in total. The molecule has 0 amide bonds. The Kier molecular flexibility index (Phi) is 4.81.